The fourth-order valence-corrected chi connectivity index (χ4v) is 3.48. The zero-order chi connectivity index (χ0) is 16.8. The van der Waals surface area contributed by atoms with E-state index in [-0.39, 0.29) is 5.91 Å². The molecule has 0 radical (unpaired) electrons. The maximum atomic E-state index is 12.4. The summed E-state index contributed by atoms with van der Waals surface area (Å²) in [7, 11) is 0. The molecular weight excluding hydrogens is 302 g/mol. The molecule has 2 saturated heterocycles. The van der Waals surface area contributed by atoms with E-state index in [4.69, 9.17) is 4.74 Å². The summed E-state index contributed by atoms with van der Waals surface area (Å²) in [6.45, 7) is 10.9. The molecule has 2 heterocycles. The number of morpholine rings is 1. The Bertz CT molecular complexity index is 515. The third-order valence-corrected chi connectivity index (χ3v) is 4.98. The zero-order valence-corrected chi connectivity index (χ0v) is 14.7. The van der Waals surface area contributed by atoms with Gasteiger partial charge >= 0.3 is 0 Å². The standard InChI is InChI=1S/C19H29N3O2/c1-17-16-21(13-14-24-17)8-7-20-9-11-22(12-10-20)19(23)15-18-5-3-2-4-6-18/h2-6,17H,7-16H2,1H3/t17-/m0/s1. The minimum absolute atomic E-state index is 0.253. The first-order valence-electron chi connectivity index (χ1n) is 9.09. The van der Waals surface area contributed by atoms with E-state index < -0.39 is 0 Å². The lowest BCUT2D eigenvalue weighted by Gasteiger charge is -2.37. The molecule has 2 fully saturated rings. The molecule has 5 heteroatoms. The van der Waals surface area contributed by atoms with Gasteiger partial charge in [0.25, 0.3) is 0 Å². The van der Waals surface area contributed by atoms with Crippen LogP contribution in [0.4, 0.5) is 0 Å². The van der Waals surface area contributed by atoms with Crippen molar-refractivity contribution in [1.82, 2.24) is 14.7 Å². The number of hydrogen-bond acceptors (Lipinski definition) is 4. The van der Waals surface area contributed by atoms with Crippen molar-refractivity contribution in [2.45, 2.75) is 19.4 Å². The van der Waals surface area contributed by atoms with Crippen LogP contribution in [0.25, 0.3) is 0 Å². The van der Waals surface area contributed by atoms with Crippen LogP contribution in [0.2, 0.25) is 0 Å². The monoisotopic (exact) mass is 331 g/mol. The predicted molar refractivity (Wildman–Crippen MR) is 95.0 cm³/mol. The van der Waals surface area contributed by atoms with Crippen molar-refractivity contribution in [3.63, 3.8) is 0 Å². The Hall–Kier alpha value is -1.43. The lowest BCUT2D eigenvalue weighted by molar-refractivity contribution is -0.132. The van der Waals surface area contributed by atoms with Gasteiger partial charge in [0.15, 0.2) is 0 Å². The number of carbonyl (C=O) groups excluding carboxylic acids is 1. The van der Waals surface area contributed by atoms with Crippen LogP contribution in [0.5, 0.6) is 0 Å². The van der Waals surface area contributed by atoms with Gasteiger partial charge in [-0.2, -0.15) is 0 Å². The number of benzene rings is 1. The van der Waals surface area contributed by atoms with Crippen LogP contribution < -0.4 is 0 Å². The van der Waals surface area contributed by atoms with E-state index >= 15 is 0 Å². The van der Waals surface area contributed by atoms with Crippen molar-refractivity contribution < 1.29 is 9.53 Å². The van der Waals surface area contributed by atoms with Gasteiger partial charge in [0, 0.05) is 52.4 Å². The molecule has 0 aliphatic carbocycles. The van der Waals surface area contributed by atoms with Gasteiger partial charge in [-0.25, -0.2) is 0 Å². The van der Waals surface area contributed by atoms with Crippen LogP contribution in [-0.4, -0.2) is 85.7 Å². The normalized spacial score (nSPS) is 23.4. The second kappa shape index (κ2) is 8.60. The molecule has 1 aromatic carbocycles. The van der Waals surface area contributed by atoms with E-state index in [0.717, 1.165) is 64.5 Å². The minimum Gasteiger partial charge on any atom is -0.376 e. The molecular formula is C19H29N3O2. The molecule has 0 aromatic heterocycles. The molecule has 0 saturated carbocycles. The Balaban J connectivity index is 1.37. The van der Waals surface area contributed by atoms with Crippen LogP contribution >= 0.6 is 0 Å². The second-order valence-electron chi connectivity index (χ2n) is 6.87. The lowest BCUT2D eigenvalue weighted by atomic mass is 10.1. The highest BCUT2D eigenvalue weighted by Gasteiger charge is 2.22. The summed E-state index contributed by atoms with van der Waals surface area (Å²) < 4.78 is 5.59. The average Bonchev–Trinajstić information content (AvgIpc) is 2.61. The average molecular weight is 331 g/mol. The highest BCUT2D eigenvalue weighted by molar-refractivity contribution is 5.78. The zero-order valence-electron chi connectivity index (χ0n) is 14.7. The highest BCUT2D eigenvalue weighted by Crippen LogP contribution is 2.08. The molecule has 24 heavy (non-hydrogen) atoms. The summed E-state index contributed by atoms with van der Waals surface area (Å²) in [5, 5.41) is 0. The molecule has 0 N–H and O–H groups in total. The number of amides is 1. The summed E-state index contributed by atoms with van der Waals surface area (Å²) in [4.78, 5) is 19.4. The van der Waals surface area contributed by atoms with Crippen LogP contribution in [0.1, 0.15) is 12.5 Å². The van der Waals surface area contributed by atoms with E-state index in [0.29, 0.717) is 12.5 Å². The molecule has 132 valence electrons. The Kier molecular flexibility index (Phi) is 6.24. The Morgan fingerprint density at radius 2 is 1.75 bits per heavy atom. The van der Waals surface area contributed by atoms with E-state index in [1.165, 1.54) is 0 Å². The topological polar surface area (TPSA) is 36.0 Å². The summed E-state index contributed by atoms with van der Waals surface area (Å²) in [6, 6.07) is 10.0. The van der Waals surface area contributed by atoms with E-state index in [1.54, 1.807) is 0 Å². The van der Waals surface area contributed by atoms with Crippen molar-refractivity contribution in [2.75, 3.05) is 59.0 Å². The van der Waals surface area contributed by atoms with Gasteiger partial charge in [-0.1, -0.05) is 30.3 Å². The Morgan fingerprint density at radius 3 is 2.46 bits per heavy atom. The van der Waals surface area contributed by atoms with E-state index in [2.05, 4.69) is 16.7 Å². The van der Waals surface area contributed by atoms with Gasteiger partial charge in [-0.3, -0.25) is 14.6 Å². The molecule has 1 amide bonds. The van der Waals surface area contributed by atoms with Gasteiger partial charge in [-0.15, -0.1) is 0 Å². The number of carbonyl (C=O) groups is 1. The van der Waals surface area contributed by atoms with Gasteiger partial charge in [0.2, 0.25) is 5.91 Å². The van der Waals surface area contributed by atoms with Gasteiger partial charge < -0.3 is 9.64 Å². The predicted octanol–water partition coefficient (Wildman–Crippen LogP) is 1.09. The van der Waals surface area contributed by atoms with E-state index in [9.17, 15) is 4.79 Å². The molecule has 1 aromatic rings. The molecule has 0 bridgehead atoms. The van der Waals surface area contributed by atoms with Crippen molar-refractivity contribution in [1.29, 1.82) is 0 Å². The van der Waals surface area contributed by atoms with Crippen molar-refractivity contribution in [3.8, 4) is 0 Å². The van der Waals surface area contributed by atoms with Crippen molar-refractivity contribution in [2.24, 2.45) is 0 Å². The highest BCUT2D eigenvalue weighted by atomic mass is 16.5. The summed E-state index contributed by atoms with van der Waals surface area (Å²) >= 11 is 0. The molecule has 2 aliphatic heterocycles. The molecule has 0 spiro atoms. The first-order chi connectivity index (χ1) is 11.7. The maximum absolute atomic E-state index is 12.4. The number of rotatable bonds is 5. The fourth-order valence-electron chi connectivity index (χ4n) is 3.48. The third kappa shape index (κ3) is 5.03. The SMILES string of the molecule is C[C@H]1CN(CCN2CCN(C(=O)Cc3ccccc3)CC2)CCO1. The summed E-state index contributed by atoms with van der Waals surface area (Å²) in [5.74, 6) is 0.253. The smallest absolute Gasteiger partial charge is 0.227 e. The Morgan fingerprint density at radius 1 is 1.04 bits per heavy atom. The third-order valence-electron chi connectivity index (χ3n) is 4.98. The first-order valence-corrected chi connectivity index (χ1v) is 9.09. The number of hydrogen-bond donors (Lipinski definition) is 0. The molecule has 5 nitrogen and oxygen atoms in total. The van der Waals surface area contributed by atoms with Crippen LogP contribution in [0, 0.1) is 0 Å². The molecule has 1 atom stereocenters. The number of ether oxygens (including phenoxy) is 1. The quantitative estimate of drug-likeness (QED) is 0.809. The number of piperazine rings is 1. The van der Waals surface area contributed by atoms with Crippen LogP contribution in [0.3, 0.4) is 0 Å². The molecule has 3 rings (SSSR count). The van der Waals surface area contributed by atoms with E-state index in [1.807, 2.05) is 35.2 Å². The van der Waals surface area contributed by atoms with Crippen molar-refractivity contribution in [3.05, 3.63) is 35.9 Å². The fraction of sp³-hybridized carbons (Fsp3) is 0.632. The first kappa shape index (κ1) is 17.4. The summed E-state index contributed by atoms with van der Waals surface area (Å²) in [6.07, 6.45) is 0.873. The maximum Gasteiger partial charge on any atom is 0.227 e. The number of nitrogens with zero attached hydrogens (tertiary/aromatic N) is 3. The lowest BCUT2D eigenvalue weighted by Crippen LogP contribution is -2.51. The Labute approximate surface area is 145 Å². The van der Waals surface area contributed by atoms with Crippen molar-refractivity contribution >= 4 is 5.91 Å². The van der Waals surface area contributed by atoms with Crippen LogP contribution in [-0.2, 0) is 16.0 Å². The molecule has 2 aliphatic rings. The minimum atomic E-state index is 0.253. The van der Waals surface area contributed by atoms with Gasteiger partial charge in [-0.05, 0) is 12.5 Å². The molecule has 0 unspecified atom stereocenters. The van der Waals surface area contributed by atoms with Crippen LogP contribution in [0.15, 0.2) is 30.3 Å². The largest absolute Gasteiger partial charge is 0.376 e. The summed E-state index contributed by atoms with van der Waals surface area (Å²) in [5.41, 5.74) is 1.10. The van der Waals surface area contributed by atoms with Gasteiger partial charge in [0.05, 0.1) is 19.1 Å². The van der Waals surface area contributed by atoms with Gasteiger partial charge in [0.1, 0.15) is 0 Å². The second-order valence-corrected chi connectivity index (χ2v) is 6.87.